The van der Waals surface area contributed by atoms with Crippen LogP contribution in [0.1, 0.15) is 28.5 Å². The Morgan fingerprint density at radius 2 is 2.19 bits per heavy atom. The van der Waals surface area contributed by atoms with Crippen molar-refractivity contribution in [3.05, 3.63) is 47.3 Å². The summed E-state index contributed by atoms with van der Waals surface area (Å²) in [5, 5.41) is 12.2. The lowest BCUT2D eigenvalue weighted by Crippen LogP contribution is -2.06. The van der Waals surface area contributed by atoms with Gasteiger partial charge in [0.05, 0.1) is 12.7 Å². The van der Waals surface area contributed by atoms with Crippen molar-refractivity contribution >= 4 is 11.8 Å². The molecule has 21 heavy (non-hydrogen) atoms. The summed E-state index contributed by atoms with van der Waals surface area (Å²) >= 11 is 0. The van der Waals surface area contributed by atoms with Gasteiger partial charge in [-0.25, -0.2) is 14.8 Å². The minimum Gasteiger partial charge on any atom is -0.481 e. The number of aromatic carboxylic acids is 1. The first-order chi connectivity index (χ1) is 10.1. The molecule has 2 aromatic rings. The minimum atomic E-state index is -0.957. The Kier molecular flexibility index (Phi) is 4.71. The highest BCUT2D eigenvalue weighted by atomic mass is 16.5. The Morgan fingerprint density at radius 3 is 2.76 bits per heavy atom. The molecule has 6 nitrogen and oxygen atoms in total. The summed E-state index contributed by atoms with van der Waals surface area (Å²) in [6.07, 6.45) is 2.38. The number of methoxy groups -OCH3 is 1. The van der Waals surface area contributed by atoms with Crippen molar-refractivity contribution in [1.29, 1.82) is 0 Å². The Bertz CT molecular complexity index is 627. The molecule has 2 N–H and O–H groups in total. The third kappa shape index (κ3) is 3.92. The van der Waals surface area contributed by atoms with Crippen LogP contribution >= 0.6 is 0 Å². The van der Waals surface area contributed by atoms with Crippen molar-refractivity contribution in [3.63, 3.8) is 0 Å². The van der Waals surface area contributed by atoms with Gasteiger partial charge in [0.15, 0.2) is 0 Å². The van der Waals surface area contributed by atoms with Gasteiger partial charge in [0.1, 0.15) is 5.82 Å². The van der Waals surface area contributed by atoms with E-state index in [0.717, 1.165) is 11.3 Å². The van der Waals surface area contributed by atoms with E-state index >= 15 is 0 Å². The number of pyridine rings is 2. The predicted octanol–water partition coefficient (Wildman–Crippen LogP) is 2.36. The maximum Gasteiger partial charge on any atom is 0.335 e. The number of nitrogens with one attached hydrogen (secondary N) is 1. The smallest absolute Gasteiger partial charge is 0.335 e. The summed E-state index contributed by atoms with van der Waals surface area (Å²) < 4.78 is 5.00. The van der Waals surface area contributed by atoms with Crippen LogP contribution in [0.15, 0.2) is 30.5 Å². The monoisotopic (exact) mass is 287 g/mol. The second-order valence-corrected chi connectivity index (χ2v) is 4.45. The van der Waals surface area contributed by atoms with E-state index in [2.05, 4.69) is 15.3 Å². The SMILES string of the molecule is CCc1cc(C(=O)O)cc(NCc2ccc(OC)nc2)n1. The fourth-order valence-corrected chi connectivity index (χ4v) is 1.81. The summed E-state index contributed by atoms with van der Waals surface area (Å²) in [5.41, 5.74) is 1.93. The number of aromatic nitrogens is 2. The molecule has 2 aromatic heterocycles. The second kappa shape index (κ2) is 6.69. The van der Waals surface area contributed by atoms with Gasteiger partial charge in [-0.1, -0.05) is 13.0 Å². The van der Waals surface area contributed by atoms with Crippen molar-refractivity contribution in [3.8, 4) is 5.88 Å². The molecular weight excluding hydrogens is 270 g/mol. The van der Waals surface area contributed by atoms with Crippen LogP contribution in [0, 0.1) is 0 Å². The molecule has 0 radical (unpaired) electrons. The minimum absolute atomic E-state index is 0.234. The highest BCUT2D eigenvalue weighted by Crippen LogP contribution is 2.13. The Hall–Kier alpha value is -2.63. The Labute approximate surface area is 122 Å². The number of carboxylic acid groups (broad SMARTS) is 1. The molecule has 0 aliphatic rings. The normalized spacial score (nSPS) is 10.2. The number of carbonyl (C=O) groups is 1. The van der Waals surface area contributed by atoms with E-state index in [0.29, 0.717) is 24.7 Å². The number of rotatable bonds is 6. The van der Waals surface area contributed by atoms with Crippen LogP contribution in [0.5, 0.6) is 5.88 Å². The van der Waals surface area contributed by atoms with Crippen LogP contribution in [0.25, 0.3) is 0 Å². The zero-order valence-corrected chi connectivity index (χ0v) is 12.0. The van der Waals surface area contributed by atoms with Crippen LogP contribution < -0.4 is 10.1 Å². The number of ether oxygens (including phenoxy) is 1. The number of anilines is 1. The van der Waals surface area contributed by atoms with E-state index in [9.17, 15) is 4.79 Å². The summed E-state index contributed by atoms with van der Waals surface area (Å²) in [5.74, 6) is 0.141. The van der Waals surface area contributed by atoms with Crippen molar-refractivity contribution in [2.24, 2.45) is 0 Å². The zero-order valence-electron chi connectivity index (χ0n) is 12.0. The fourth-order valence-electron chi connectivity index (χ4n) is 1.81. The summed E-state index contributed by atoms with van der Waals surface area (Å²) in [7, 11) is 1.56. The van der Waals surface area contributed by atoms with Crippen LogP contribution in [0.4, 0.5) is 5.82 Å². The number of carboxylic acids is 1. The molecule has 0 aromatic carbocycles. The topological polar surface area (TPSA) is 84.3 Å². The van der Waals surface area contributed by atoms with Crippen LogP contribution in [-0.4, -0.2) is 28.2 Å². The van der Waals surface area contributed by atoms with Gasteiger partial charge in [-0.05, 0) is 24.1 Å². The largest absolute Gasteiger partial charge is 0.481 e. The van der Waals surface area contributed by atoms with Gasteiger partial charge in [-0.3, -0.25) is 0 Å². The average Bonchev–Trinajstić information content (AvgIpc) is 2.53. The fraction of sp³-hybridized carbons (Fsp3) is 0.267. The maximum atomic E-state index is 11.1. The lowest BCUT2D eigenvalue weighted by Gasteiger charge is -2.09. The summed E-state index contributed by atoms with van der Waals surface area (Å²) in [6, 6.07) is 6.77. The first-order valence-electron chi connectivity index (χ1n) is 6.59. The van der Waals surface area contributed by atoms with Gasteiger partial charge < -0.3 is 15.2 Å². The summed E-state index contributed by atoms with van der Waals surface area (Å²) in [6.45, 7) is 2.45. The molecule has 0 saturated heterocycles. The van der Waals surface area contributed by atoms with Crippen LogP contribution in [0.2, 0.25) is 0 Å². The highest BCUT2D eigenvalue weighted by molar-refractivity contribution is 5.88. The Balaban J connectivity index is 2.11. The summed E-state index contributed by atoms with van der Waals surface area (Å²) in [4.78, 5) is 19.6. The van der Waals surface area contributed by atoms with Crippen LogP contribution in [0.3, 0.4) is 0 Å². The number of nitrogens with zero attached hydrogens (tertiary/aromatic N) is 2. The average molecular weight is 287 g/mol. The number of aryl methyl sites for hydroxylation is 1. The highest BCUT2D eigenvalue weighted by Gasteiger charge is 2.07. The van der Waals surface area contributed by atoms with E-state index in [1.807, 2.05) is 13.0 Å². The Morgan fingerprint density at radius 1 is 1.38 bits per heavy atom. The molecule has 0 aliphatic heterocycles. The number of hydrogen-bond donors (Lipinski definition) is 2. The third-order valence-corrected chi connectivity index (χ3v) is 2.97. The van der Waals surface area contributed by atoms with E-state index in [1.165, 1.54) is 6.07 Å². The lowest BCUT2D eigenvalue weighted by atomic mass is 10.2. The molecule has 2 heterocycles. The lowest BCUT2D eigenvalue weighted by molar-refractivity contribution is 0.0696. The van der Waals surface area contributed by atoms with E-state index in [4.69, 9.17) is 9.84 Å². The van der Waals surface area contributed by atoms with Gasteiger partial charge in [0.2, 0.25) is 5.88 Å². The number of hydrogen-bond acceptors (Lipinski definition) is 5. The van der Waals surface area contributed by atoms with Crippen molar-refractivity contribution in [1.82, 2.24) is 9.97 Å². The predicted molar refractivity (Wildman–Crippen MR) is 78.7 cm³/mol. The molecule has 0 unspecified atom stereocenters. The van der Waals surface area contributed by atoms with Gasteiger partial charge in [0.25, 0.3) is 0 Å². The second-order valence-electron chi connectivity index (χ2n) is 4.45. The molecule has 0 spiro atoms. The van der Waals surface area contributed by atoms with E-state index in [-0.39, 0.29) is 5.56 Å². The van der Waals surface area contributed by atoms with Gasteiger partial charge in [0, 0.05) is 24.5 Å². The first-order valence-corrected chi connectivity index (χ1v) is 6.59. The zero-order chi connectivity index (χ0) is 15.2. The van der Waals surface area contributed by atoms with Crippen molar-refractivity contribution < 1.29 is 14.6 Å². The standard InChI is InChI=1S/C15H17N3O3/c1-3-12-6-11(15(19)20)7-13(18-12)16-8-10-4-5-14(21-2)17-9-10/h4-7,9H,3,8H2,1-2H3,(H,16,18)(H,19,20). The molecule has 0 amide bonds. The molecule has 2 rings (SSSR count). The van der Waals surface area contributed by atoms with Gasteiger partial charge in [-0.15, -0.1) is 0 Å². The molecule has 6 heteroatoms. The molecule has 110 valence electrons. The maximum absolute atomic E-state index is 11.1. The van der Waals surface area contributed by atoms with Crippen molar-refractivity contribution in [2.45, 2.75) is 19.9 Å². The van der Waals surface area contributed by atoms with E-state index < -0.39 is 5.97 Å². The molecular formula is C15H17N3O3. The molecule has 0 bridgehead atoms. The molecule has 0 atom stereocenters. The molecule has 0 fully saturated rings. The molecule has 0 aliphatic carbocycles. The van der Waals surface area contributed by atoms with Gasteiger partial charge >= 0.3 is 5.97 Å². The first kappa shape index (κ1) is 14.8. The van der Waals surface area contributed by atoms with E-state index in [1.54, 1.807) is 25.4 Å². The van der Waals surface area contributed by atoms with Crippen LogP contribution in [-0.2, 0) is 13.0 Å². The third-order valence-electron chi connectivity index (χ3n) is 2.97. The quantitative estimate of drug-likeness (QED) is 0.848. The van der Waals surface area contributed by atoms with Crippen molar-refractivity contribution in [2.75, 3.05) is 12.4 Å². The molecule has 0 saturated carbocycles. The van der Waals surface area contributed by atoms with Gasteiger partial charge in [-0.2, -0.15) is 0 Å².